The number of thiophene rings is 1. The fourth-order valence-corrected chi connectivity index (χ4v) is 3.03. The number of carbonyl (C=O) groups is 1. The Labute approximate surface area is 125 Å². The van der Waals surface area contributed by atoms with Crippen LogP contribution in [0.1, 0.15) is 17.3 Å². The Kier molecular flexibility index (Phi) is 3.58. The molecule has 0 spiro atoms. The lowest BCUT2D eigenvalue weighted by atomic mass is 10.1. The van der Waals surface area contributed by atoms with Crippen LogP contribution in [0, 0.1) is 0 Å². The van der Waals surface area contributed by atoms with Crippen LogP contribution in [-0.4, -0.2) is 17.0 Å². The fraction of sp³-hybridized carbons (Fsp3) is 0.125. The molecule has 0 fully saturated rings. The van der Waals surface area contributed by atoms with Crippen molar-refractivity contribution in [2.75, 3.05) is 6.61 Å². The van der Waals surface area contributed by atoms with Crippen molar-refractivity contribution in [1.29, 1.82) is 0 Å². The minimum absolute atomic E-state index is 0.165. The van der Waals surface area contributed by atoms with Gasteiger partial charge in [-0.1, -0.05) is 12.1 Å². The molecule has 4 nitrogen and oxygen atoms in total. The molecule has 0 atom stereocenters. The summed E-state index contributed by atoms with van der Waals surface area (Å²) in [5.74, 6) is -0.412. The Morgan fingerprint density at radius 3 is 2.86 bits per heavy atom. The second-order valence-electron chi connectivity index (χ2n) is 4.42. The summed E-state index contributed by atoms with van der Waals surface area (Å²) in [6.07, 6.45) is 1.65. The molecule has 0 bridgehead atoms. The van der Waals surface area contributed by atoms with Gasteiger partial charge >= 0.3 is 5.97 Å². The maximum atomic E-state index is 12.4. The molecule has 3 aromatic heterocycles. The predicted octanol–water partition coefficient (Wildman–Crippen LogP) is 3.20. The van der Waals surface area contributed by atoms with Crippen molar-refractivity contribution in [3.63, 3.8) is 0 Å². The van der Waals surface area contributed by atoms with Gasteiger partial charge in [0.15, 0.2) is 0 Å². The number of nitrogens with zero attached hydrogens (tertiary/aromatic N) is 1. The van der Waals surface area contributed by atoms with Gasteiger partial charge in [0.25, 0.3) is 5.56 Å². The lowest BCUT2D eigenvalue weighted by molar-refractivity contribution is 0.0529. The van der Waals surface area contributed by atoms with Gasteiger partial charge in [-0.3, -0.25) is 9.20 Å². The van der Waals surface area contributed by atoms with Gasteiger partial charge in [-0.25, -0.2) is 4.79 Å². The number of hydrogen-bond donors (Lipinski definition) is 0. The van der Waals surface area contributed by atoms with E-state index in [0.717, 1.165) is 4.88 Å². The minimum Gasteiger partial charge on any atom is -0.462 e. The summed E-state index contributed by atoms with van der Waals surface area (Å²) in [5.41, 5.74) is 1.45. The van der Waals surface area contributed by atoms with Crippen molar-refractivity contribution in [2.24, 2.45) is 0 Å². The fourth-order valence-electron chi connectivity index (χ4n) is 2.29. The van der Waals surface area contributed by atoms with Crippen molar-refractivity contribution < 1.29 is 9.53 Å². The second kappa shape index (κ2) is 5.54. The maximum Gasteiger partial charge on any atom is 0.340 e. The number of pyridine rings is 2. The van der Waals surface area contributed by atoms with Crippen molar-refractivity contribution >= 4 is 22.8 Å². The van der Waals surface area contributed by atoms with Crippen molar-refractivity contribution in [3.8, 4) is 10.4 Å². The summed E-state index contributed by atoms with van der Waals surface area (Å²) in [5, 5.41) is 1.91. The average Bonchev–Trinajstić information content (AvgIpc) is 3.01. The molecule has 0 aliphatic carbocycles. The van der Waals surface area contributed by atoms with Crippen LogP contribution >= 0.6 is 11.3 Å². The summed E-state index contributed by atoms with van der Waals surface area (Å²) in [4.78, 5) is 25.5. The number of esters is 1. The first-order valence-corrected chi connectivity index (χ1v) is 7.45. The molecule has 0 unspecified atom stereocenters. The zero-order valence-electron chi connectivity index (χ0n) is 11.4. The standard InChI is InChI=1S/C16H13NO3S/c1-2-20-16(19)15-11(13-7-5-9-21-13)10-14(18)17-8-4-3-6-12(15)17/h3-10H,2H2,1H3. The van der Waals surface area contributed by atoms with E-state index in [-0.39, 0.29) is 5.56 Å². The van der Waals surface area contributed by atoms with Crippen LogP contribution in [-0.2, 0) is 4.74 Å². The van der Waals surface area contributed by atoms with E-state index >= 15 is 0 Å². The van der Waals surface area contributed by atoms with E-state index in [1.807, 2.05) is 17.5 Å². The molecule has 3 heterocycles. The van der Waals surface area contributed by atoms with Crippen LogP contribution in [0.2, 0.25) is 0 Å². The summed E-state index contributed by atoms with van der Waals surface area (Å²) >= 11 is 1.49. The molecule has 0 radical (unpaired) electrons. The number of hydrogen-bond acceptors (Lipinski definition) is 4. The van der Waals surface area contributed by atoms with Crippen LogP contribution in [0.15, 0.2) is 52.8 Å². The Morgan fingerprint density at radius 1 is 1.29 bits per heavy atom. The Bertz CT molecular complexity index is 850. The normalized spacial score (nSPS) is 10.7. The largest absolute Gasteiger partial charge is 0.462 e. The first-order chi connectivity index (χ1) is 10.2. The third kappa shape index (κ3) is 2.36. The van der Waals surface area contributed by atoms with Crippen molar-refractivity contribution in [3.05, 3.63) is 63.9 Å². The molecule has 0 aliphatic rings. The Hall–Kier alpha value is -2.40. The van der Waals surface area contributed by atoms with Gasteiger partial charge in [-0.2, -0.15) is 0 Å². The van der Waals surface area contributed by atoms with Gasteiger partial charge in [-0.05, 0) is 30.5 Å². The van der Waals surface area contributed by atoms with Crippen LogP contribution in [0.25, 0.3) is 16.0 Å². The number of aromatic nitrogens is 1. The third-order valence-corrected chi connectivity index (χ3v) is 4.06. The number of ether oxygens (including phenoxy) is 1. The number of carbonyl (C=O) groups excluding carboxylic acids is 1. The summed E-state index contributed by atoms with van der Waals surface area (Å²) in [7, 11) is 0. The van der Waals surface area contributed by atoms with Gasteiger partial charge in [0.2, 0.25) is 0 Å². The first kappa shape index (κ1) is 13.6. The molecule has 0 amide bonds. The quantitative estimate of drug-likeness (QED) is 0.698. The summed E-state index contributed by atoms with van der Waals surface area (Å²) < 4.78 is 6.63. The van der Waals surface area contributed by atoms with Crippen LogP contribution < -0.4 is 5.56 Å². The summed E-state index contributed by atoms with van der Waals surface area (Å²) in [6.45, 7) is 2.06. The lowest BCUT2D eigenvalue weighted by Crippen LogP contribution is -2.18. The molecule has 0 saturated heterocycles. The van der Waals surface area contributed by atoms with Gasteiger partial charge in [-0.15, -0.1) is 11.3 Å². The van der Waals surface area contributed by atoms with Gasteiger partial charge in [0.05, 0.1) is 17.7 Å². The minimum atomic E-state index is -0.412. The zero-order chi connectivity index (χ0) is 14.8. The first-order valence-electron chi connectivity index (χ1n) is 6.57. The highest BCUT2D eigenvalue weighted by molar-refractivity contribution is 7.13. The Balaban J connectivity index is 2.38. The third-order valence-electron chi connectivity index (χ3n) is 3.16. The maximum absolute atomic E-state index is 12.4. The molecule has 3 aromatic rings. The highest BCUT2D eigenvalue weighted by Gasteiger charge is 2.20. The molecule has 0 aliphatic heterocycles. The zero-order valence-corrected chi connectivity index (χ0v) is 12.2. The highest BCUT2D eigenvalue weighted by atomic mass is 32.1. The molecule has 106 valence electrons. The van der Waals surface area contributed by atoms with Gasteiger partial charge in [0.1, 0.15) is 0 Å². The Morgan fingerprint density at radius 2 is 2.14 bits per heavy atom. The molecule has 0 N–H and O–H groups in total. The smallest absolute Gasteiger partial charge is 0.340 e. The highest BCUT2D eigenvalue weighted by Crippen LogP contribution is 2.29. The second-order valence-corrected chi connectivity index (χ2v) is 5.37. The van der Waals surface area contributed by atoms with Crippen LogP contribution in [0.4, 0.5) is 0 Å². The number of rotatable bonds is 3. The SMILES string of the molecule is CCOC(=O)c1c(-c2cccs2)cc(=O)n2ccccc12. The van der Waals surface area contributed by atoms with E-state index in [2.05, 4.69) is 0 Å². The van der Waals surface area contributed by atoms with E-state index in [0.29, 0.717) is 23.3 Å². The average molecular weight is 299 g/mol. The monoisotopic (exact) mass is 299 g/mol. The molecule has 0 aromatic carbocycles. The molecule has 21 heavy (non-hydrogen) atoms. The molecule has 0 saturated carbocycles. The predicted molar refractivity (Wildman–Crippen MR) is 82.9 cm³/mol. The van der Waals surface area contributed by atoms with Crippen LogP contribution in [0.5, 0.6) is 0 Å². The molecular weight excluding hydrogens is 286 g/mol. The van der Waals surface area contributed by atoms with E-state index in [9.17, 15) is 9.59 Å². The van der Waals surface area contributed by atoms with Crippen molar-refractivity contribution in [1.82, 2.24) is 4.40 Å². The molecule has 3 rings (SSSR count). The summed E-state index contributed by atoms with van der Waals surface area (Å²) in [6, 6.07) is 10.6. The van der Waals surface area contributed by atoms with E-state index in [1.54, 1.807) is 31.3 Å². The van der Waals surface area contributed by atoms with Gasteiger partial charge < -0.3 is 4.74 Å². The van der Waals surface area contributed by atoms with E-state index < -0.39 is 5.97 Å². The van der Waals surface area contributed by atoms with Crippen molar-refractivity contribution in [2.45, 2.75) is 6.92 Å². The van der Waals surface area contributed by atoms with Gasteiger partial charge in [0, 0.05) is 22.7 Å². The lowest BCUT2D eigenvalue weighted by Gasteiger charge is -2.11. The topological polar surface area (TPSA) is 47.8 Å². The number of fused-ring (bicyclic) bond motifs is 1. The molecule has 5 heteroatoms. The molecular formula is C16H13NO3S. The van der Waals surface area contributed by atoms with Crippen LogP contribution in [0.3, 0.4) is 0 Å². The van der Waals surface area contributed by atoms with E-state index in [4.69, 9.17) is 4.74 Å². The van der Waals surface area contributed by atoms with E-state index in [1.165, 1.54) is 21.8 Å².